The van der Waals surface area contributed by atoms with Crippen LogP contribution in [0.5, 0.6) is 0 Å². The van der Waals surface area contributed by atoms with E-state index in [0.717, 1.165) is 28.2 Å². The van der Waals surface area contributed by atoms with Gasteiger partial charge in [-0.15, -0.1) is 11.3 Å². The van der Waals surface area contributed by atoms with Gasteiger partial charge in [0.05, 0.1) is 12.2 Å². The molecule has 0 saturated carbocycles. The Kier molecular flexibility index (Phi) is 4.20. The van der Waals surface area contributed by atoms with Gasteiger partial charge in [0, 0.05) is 23.2 Å². The molecule has 0 aliphatic rings. The fourth-order valence-electron chi connectivity index (χ4n) is 2.31. The SMILES string of the molecule is CCc1ccc(-c2csc(Cn3ccc(C)cc3=O)n2)cc1. The van der Waals surface area contributed by atoms with Crippen LogP contribution in [0.25, 0.3) is 11.3 Å². The van der Waals surface area contributed by atoms with Crippen molar-refractivity contribution >= 4 is 11.3 Å². The van der Waals surface area contributed by atoms with Crippen LogP contribution in [0, 0.1) is 6.92 Å². The van der Waals surface area contributed by atoms with E-state index in [1.165, 1.54) is 5.56 Å². The van der Waals surface area contributed by atoms with Crippen molar-refractivity contribution in [3.05, 3.63) is 74.5 Å². The van der Waals surface area contributed by atoms with Crippen molar-refractivity contribution in [1.82, 2.24) is 9.55 Å². The Labute approximate surface area is 133 Å². The van der Waals surface area contributed by atoms with E-state index in [0.29, 0.717) is 6.54 Å². The fraction of sp³-hybridized carbons (Fsp3) is 0.222. The number of pyridine rings is 1. The third-order valence-corrected chi connectivity index (χ3v) is 4.50. The van der Waals surface area contributed by atoms with Gasteiger partial charge in [-0.3, -0.25) is 4.79 Å². The lowest BCUT2D eigenvalue weighted by Crippen LogP contribution is -2.19. The summed E-state index contributed by atoms with van der Waals surface area (Å²) in [6, 6.07) is 12.1. The Hall–Kier alpha value is -2.20. The first-order valence-electron chi connectivity index (χ1n) is 7.36. The highest BCUT2D eigenvalue weighted by molar-refractivity contribution is 7.09. The van der Waals surface area contributed by atoms with Gasteiger partial charge >= 0.3 is 0 Å². The summed E-state index contributed by atoms with van der Waals surface area (Å²) in [4.78, 5) is 16.6. The van der Waals surface area contributed by atoms with E-state index in [1.54, 1.807) is 22.0 Å². The van der Waals surface area contributed by atoms with Crippen molar-refractivity contribution in [2.45, 2.75) is 26.8 Å². The van der Waals surface area contributed by atoms with Crippen molar-refractivity contribution in [3.8, 4) is 11.3 Å². The van der Waals surface area contributed by atoms with Crippen molar-refractivity contribution in [2.24, 2.45) is 0 Å². The van der Waals surface area contributed by atoms with E-state index in [9.17, 15) is 4.79 Å². The van der Waals surface area contributed by atoms with Crippen LogP contribution in [0.4, 0.5) is 0 Å². The lowest BCUT2D eigenvalue weighted by atomic mass is 10.1. The summed E-state index contributed by atoms with van der Waals surface area (Å²) >= 11 is 1.59. The first-order chi connectivity index (χ1) is 10.7. The van der Waals surface area contributed by atoms with Crippen LogP contribution in [0.2, 0.25) is 0 Å². The average molecular weight is 310 g/mol. The molecule has 3 nitrogen and oxygen atoms in total. The number of benzene rings is 1. The number of aryl methyl sites for hydroxylation is 2. The predicted octanol–water partition coefficient (Wildman–Crippen LogP) is 3.89. The molecule has 0 atom stereocenters. The average Bonchev–Trinajstić information content (AvgIpc) is 2.99. The minimum atomic E-state index is 0.0176. The molecule has 0 spiro atoms. The first kappa shape index (κ1) is 14.7. The maximum absolute atomic E-state index is 11.9. The zero-order valence-corrected chi connectivity index (χ0v) is 13.6. The largest absolute Gasteiger partial charge is 0.309 e. The highest BCUT2D eigenvalue weighted by Gasteiger charge is 2.06. The highest BCUT2D eigenvalue weighted by atomic mass is 32.1. The molecule has 0 amide bonds. The minimum absolute atomic E-state index is 0.0176. The number of nitrogens with zero attached hydrogens (tertiary/aromatic N) is 2. The molecule has 0 unspecified atom stereocenters. The van der Waals surface area contributed by atoms with Crippen LogP contribution in [0.1, 0.15) is 23.1 Å². The van der Waals surface area contributed by atoms with Crippen molar-refractivity contribution in [2.75, 3.05) is 0 Å². The van der Waals surface area contributed by atoms with Crippen molar-refractivity contribution in [3.63, 3.8) is 0 Å². The molecule has 0 aliphatic carbocycles. The van der Waals surface area contributed by atoms with E-state index in [4.69, 9.17) is 0 Å². The van der Waals surface area contributed by atoms with Crippen LogP contribution in [-0.4, -0.2) is 9.55 Å². The Morgan fingerprint density at radius 3 is 2.64 bits per heavy atom. The second kappa shape index (κ2) is 6.28. The lowest BCUT2D eigenvalue weighted by molar-refractivity contribution is 0.752. The Morgan fingerprint density at radius 1 is 1.18 bits per heavy atom. The number of rotatable bonds is 4. The van der Waals surface area contributed by atoms with Crippen molar-refractivity contribution < 1.29 is 0 Å². The molecule has 22 heavy (non-hydrogen) atoms. The van der Waals surface area contributed by atoms with Crippen LogP contribution < -0.4 is 5.56 Å². The summed E-state index contributed by atoms with van der Waals surface area (Å²) in [5, 5.41) is 3.00. The van der Waals surface area contributed by atoms with E-state index < -0.39 is 0 Å². The standard InChI is InChI=1S/C18H18N2OS/c1-3-14-4-6-15(7-5-14)16-12-22-17(19-16)11-20-9-8-13(2)10-18(20)21/h4-10,12H,3,11H2,1-2H3. The lowest BCUT2D eigenvalue weighted by Gasteiger charge is -2.03. The first-order valence-corrected chi connectivity index (χ1v) is 8.24. The van der Waals surface area contributed by atoms with Crippen LogP contribution in [0.3, 0.4) is 0 Å². The molecule has 0 fully saturated rings. The molecule has 112 valence electrons. The van der Waals surface area contributed by atoms with Gasteiger partial charge < -0.3 is 4.57 Å². The fourth-order valence-corrected chi connectivity index (χ4v) is 3.11. The molecule has 0 saturated heterocycles. The molecule has 2 heterocycles. The number of aromatic nitrogens is 2. The number of hydrogen-bond acceptors (Lipinski definition) is 3. The molecule has 0 aliphatic heterocycles. The normalized spacial score (nSPS) is 10.8. The summed E-state index contributed by atoms with van der Waals surface area (Å²) in [6.45, 7) is 4.60. The van der Waals surface area contributed by atoms with Gasteiger partial charge in [0.15, 0.2) is 0 Å². The van der Waals surface area contributed by atoms with E-state index in [1.807, 2.05) is 19.2 Å². The zero-order valence-electron chi connectivity index (χ0n) is 12.7. The van der Waals surface area contributed by atoms with Gasteiger partial charge in [-0.2, -0.15) is 0 Å². The third-order valence-electron chi connectivity index (χ3n) is 3.67. The molecule has 0 N–H and O–H groups in total. The maximum atomic E-state index is 11.9. The summed E-state index contributed by atoms with van der Waals surface area (Å²) in [6.07, 6.45) is 2.87. The second-order valence-corrected chi connectivity index (χ2v) is 6.29. The molecule has 2 aromatic heterocycles. The summed E-state index contributed by atoms with van der Waals surface area (Å²) in [5.41, 5.74) is 4.42. The Balaban J connectivity index is 1.82. The molecule has 3 aromatic rings. The molecule has 0 radical (unpaired) electrons. The summed E-state index contributed by atoms with van der Waals surface area (Å²) < 4.78 is 1.69. The van der Waals surface area contributed by atoms with Gasteiger partial charge in [0.25, 0.3) is 5.56 Å². The minimum Gasteiger partial charge on any atom is -0.309 e. The quantitative estimate of drug-likeness (QED) is 0.733. The van der Waals surface area contributed by atoms with E-state index >= 15 is 0 Å². The van der Waals surface area contributed by atoms with Crippen molar-refractivity contribution in [1.29, 1.82) is 0 Å². The van der Waals surface area contributed by atoms with Crippen LogP contribution in [0.15, 0.2) is 52.8 Å². The predicted molar refractivity (Wildman–Crippen MR) is 91.5 cm³/mol. The zero-order chi connectivity index (χ0) is 15.5. The van der Waals surface area contributed by atoms with Gasteiger partial charge in [0.1, 0.15) is 5.01 Å². The van der Waals surface area contributed by atoms with Crippen LogP contribution >= 0.6 is 11.3 Å². The maximum Gasteiger partial charge on any atom is 0.251 e. The highest BCUT2D eigenvalue weighted by Crippen LogP contribution is 2.22. The Morgan fingerprint density at radius 2 is 1.95 bits per heavy atom. The molecule has 4 heteroatoms. The van der Waals surface area contributed by atoms with E-state index in [2.05, 4.69) is 41.6 Å². The Bertz CT molecular complexity index is 831. The number of hydrogen-bond donors (Lipinski definition) is 0. The third kappa shape index (κ3) is 3.17. The smallest absolute Gasteiger partial charge is 0.251 e. The van der Waals surface area contributed by atoms with Gasteiger partial charge in [0.2, 0.25) is 0 Å². The molecule has 1 aromatic carbocycles. The van der Waals surface area contributed by atoms with Gasteiger partial charge in [-0.05, 0) is 30.5 Å². The van der Waals surface area contributed by atoms with Gasteiger partial charge in [-0.25, -0.2) is 4.98 Å². The summed E-state index contributed by atoms with van der Waals surface area (Å²) in [7, 11) is 0. The topological polar surface area (TPSA) is 34.9 Å². The van der Waals surface area contributed by atoms with E-state index in [-0.39, 0.29) is 5.56 Å². The molecule has 3 rings (SSSR count). The summed E-state index contributed by atoms with van der Waals surface area (Å²) in [5.74, 6) is 0. The molecule has 0 bridgehead atoms. The molecular weight excluding hydrogens is 292 g/mol. The number of thiazole rings is 1. The molecular formula is C18H18N2OS. The van der Waals surface area contributed by atoms with Gasteiger partial charge in [-0.1, -0.05) is 31.2 Å². The second-order valence-electron chi connectivity index (χ2n) is 5.35. The van der Waals surface area contributed by atoms with Crippen LogP contribution in [-0.2, 0) is 13.0 Å². The monoisotopic (exact) mass is 310 g/mol.